The minimum absolute atomic E-state index is 0.00891. The van der Waals surface area contributed by atoms with Crippen LogP contribution in [0.1, 0.15) is 40.0 Å². The lowest BCUT2D eigenvalue weighted by Crippen LogP contribution is -2.56. The third-order valence-electron chi connectivity index (χ3n) is 6.37. The van der Waals surface area contributed by atoms with Crippen LogP contribution in [0.2, 0.25) is 0 Å². The van der Waals surface area contributed by atoms with Gasteiger partial charge in [0.2, 0.25) is 5.91 Å². The number of carbonyl (C=O) groups excluding carboxylic acids is 4. The Kier molecular flexibility index (Phi) is 7.25. The maximum atomic E-state index is 12.9. The standard InChI is InChI=1S/C25H27BrN4O4/c26-19-5-2-6-20(14-19)28-23(33)18-4-1-3-17(13-18)22(32)15-21(16-31)29-9-11-30(12-10-29)24(34)25(27)7-8-25/h1-6,13-14,16,21H,7-12,15,27H2,(H,28,33). The number of nitrogens with one attached hydrogen (secondary N) is 1. The average Bonchev–Trinajstić information content (AvgIpc) is 3.60. The molecule has 1 saturated carbocycles. The van der Waals surface area contributed by atoms with Gasteiger partial charge in [-0.3, -0.25) is 19.3 Å². The van der Waals surface area contributed by atoms with Gasteiger partial charge in [-0.05, 0) is 43.2 Å². The molecule has 2 aromatic rings. The van der Waals surface area contributed by atoms with E-state index >= 15 is 0 Å². The van der Waals surface area contributed by atoms with Gasteiger partial charge in [-0.25, -0.2) is 0 Å². The SMILES string of the molecule is NC1(C(=O)N2CCN(C(C=O)CC(=O)c3cccc(C(=O)Nc4cccc(Br)c4)c3)CC2)CC1. The van der Waals surface area contributed by atoms with E-state index < -0.39 is 11.6 Å². The largest absolute Gasteiger partial charge is 0.339 e. The highest BCUT2D eigenvalue weighted by atomic mass is 79.9. The predicted molar refractivity (Wildman–Crippen MR) is 132 cm³/mol. The first kappa shape index (κ1) is 24.3. The van der Waals surface area contributed by atoms with E-state index in [-0.39, 0.29) is 24.0 Å². The van der Waals surface area contributed by atoms with E-state index in [9.17, 15) is 19.2 Å². The van der Waals surface area contributed by atoms with Crippen molar-refractivity contribution in [1.29, 1.82) is 0 Å². The molecule has 2 amide bonds. The van der Waals surface area contributed by atoms with Crippen LogP contribution in [0.5, 0.6) is 0 Å². The van der Waals surface area contributed by atoms with Crippen LogP contribution in [-0.2, 0) is 9.59 Å². The molecule has 1 aliphatic heterocycles. The van der Waals surface area contributed by atoms with Gasteiger partial charge in [-0.15, -0.1) is 0 Å². The summed E-state index contributed by atoms with van der Waals surface area (Å²) in [7, 11) is 0. The maximum Gasteiger partial charge on any atom is 0.255 e. The number of Topliss-reactive ketones (excluding diaryl/α,β-unsaturated/α-hetero) is 1. The molecule has 2 aliphatic rings. The normalized spacial score (nSPS) is 18.1. The molecular formula is C25H27BrN4O4. The molecule has 1 heterocycles. The van der Waals surface area contributed by atoms with Gasteiger partial charge in [0, 0.05) is 53.9 Å². The number of hydrogen-bond donors (Lipinski definition) is 2. The number of carbonyl (C=O) groups is 4. The van der Waals surface area contributed by atoms with Crippen molar-refractivity contribution < 1.29 is 19.2 Å². The molecule has 178 valence electrons. The van der Waals surface area contributed by atoms with Gasteiger partial charge in [0.1, 0.15) is 6.29 Å². The summed E-state index contributed by atoms with van der Waals surface area (Å²) in [4.78, 5) is 53.5. The zero-order chi connectivity index (χ0) is 24.3. The Hall–Kier alpha value is -2.88. The number of piperazine rings is 1. The lowest BCUT2D eigenvalue weighted by atomic mass is 10.0. The second-order valence-electron chi connectivity index (χ2n) is 8.86. The third kappa shape index (κ3) is 5.60. The van der Waals surface area contributed by atoms with Gasteiger partial charge >= 0.3 is 0 Å². The summed E-state index contributed by atoms with van der Waals surface area (Å²) in [6.07, 6.45) is 2.23. The lowest BCUT2D eigenvalue weighted by Gasteiger charge is -2.38. The van der Waals surface area contributed by atoms with Crippen LogP contribution in [0.15, 0.2) is 53.0 Å². The van der Waals surface area contributed by atoms with Gasteiger partial charge in [0.25, 0.3) is 5.91 Å². The monoisotopic (exact) mass is 526 g/mol. The molecule has 3 N–H and O–H groups in total. The quantitative estimate of drug-likeness (QED) is 0.403. The smallest absolute Gasteiger partial charge is 0.255 e. The van der Waals surface area contributed by atoms with Crippen molar-refractivity contribution >= 4 is 45.5 Å². The molecule has 0 radical (unpaired) electrons. The molecule has 34 heavy (non-hydrogen) atoms. The number of hydrogen-bond acceptors (Lipinski definition) is 6. The number of amides is 2. The van der Waals surface area contributed by atoms with Crippen molar-refractivity contribution in [3.63, 3.8) is 0 Å². The molecular weight excluding hydrogens is 500 g/mol. The van der Waals surface area contributed by atoms with E-state index in [0.717, 1.165) is 23.6 Å². The second-order valence-corrected chi connectivity index (χ2v) is 9.78. The number of benzene rings is 2. The van der Waals surface area contributed by atoms with E-state index in [1.807, 2.05) is 17.0 Å². The number of nitrogens with zero attached hydrogens (tertiary/aromatic N) is 2. The number of nitrogens with two attached hydrogens (primary N) is 1. The fraction of sp³-hybridized carbons (Fsp3) is 0.360. The average molecular weight is 527 g/mol. The molecule has 9 heteroatoms. The fourth-order valence-corrected chi connectivity index (χ4v) is 4.49. The van der Waals surface area contributed by atoms with Crippen LogP contribution < -0.4 is 11.1 Å². The minimum Gasteiger partial charge on any atom is -0.339 e. The van der Waals surface area contributed by atoms with Crippen LogP contribution >= 0.6 is 15.9 Å². The molecule has 1 saturated heterocycles. The van der Waals surface area contributed by atoms with E-state index in [0.29, 0.717) is 43.0 Å². The van der Waals surface area contributed by atoms with Crippen molar-refractivity contribution in [3.8, 4) is 0 Å². The van der Waals surface area contributed by atoms with Gasteiger partial charge in [0.05, 0.1) is 11.6 Å². The lowest BCUT2D eigenvalue weighted by molar-refractivity contribution is -0.135. The summed E-state index contributed by atoms with van der Waals surface area (Å²) in [5, 5.41) is 2.81. The summed E-state index contributed by atoms with van der Waals surface area (Å²) >= 11 is 3.37. The van der Waals surface area contributed by atoms with Crippen molar-refractivity contribution in [1.82, 2.24) is 9.80 Å². The van der Waals surface area contributed by atoms with E-state index in [1.54, 1.807) is 41.3 Å². The van der Waals surface area contributed by atoms with Gasteiger partial charge < -0.3 is 20.7 Å². The third-order valence-corrected chi connectivity index (χ3v) is 6.86. The zero-order valence-corrected chi connectivity index (χ0v) is 20.3. The first-order chi connectivity index (χ1) is 16.3. The summed E-state index contributed by atoms with van der Waals surface area (Å²) in [5.74, 6) is -0.566. The number of anilines is 1. The number of ketones is 1. The van der Waals surface area contributed by atoms with Crippen LogP contribution in [0.4, 0.5) is 5.69 Å². The van der Waals surface area contributed by atoms with Gasteiger partial charge in [-0.2, -0.15) is 0 Å². The van der Waals surface area contributed by atoms with Crippen LogP contribution in [0.3, 0.4) is 0 Å². The van der Waals surface area contributed by atoms with Crippen molar-refractivity contribution in [2.45, 2.75) is 30.8 Å². The number of rotatable bonds is 8. The molecule has 1 aliphatic carbocycles. The van der Waals surface area contributed by atoms with Crippen LogP contribution in [0.25, 0.3) is 0 Å². The number of halogens is 1. The first-order valence-corrected chi connectivity index (χ1v) is 12.1. The number of aldehydes is 1. The van der Waals surface area contributed by atoms with E-state index in [2.05, 4.69) is 21.2 Å². The highest BCUT2D eigenvalue weighted by Gasteiger charge is 2.48. The second kappa shape index (κ2) is 10.2. The molecule has 0 aromatic heterocycles. The molecule has 2 fully saturated rings. The highest BCUT2D eigenvalue weighted by Crippen LogP contribution is 2.34. The van der Waals surface area contributed by atoms with Crippen molar-refractivity contribution in [2.75, 3.05) is 31.5 Å². The molecule has 0 bridgehead atoms. The first-order valence-electron chi connectivity index (χ1n) is 11.3. The van der Waals surface area contributed by atoms with E-state index in [1.165, 1.54) is 0 Å². The fourth-order valence-electron chi connectivity index (χ4n) is 4.09. The van der Waals surface area contributed by atoms with Crippen molar-refractivity contribution in [2.24, 2.45) is 5.73 Å². The Labute approximate surface area is 206 Å². The predicted octanol–water partition coefficient (Wildman–Crippen LogP) is 2.48. The molecule has 0 spiro atoms. The molecule has 1 unspecified atom stereocenters. The molecule has 8 nitrogen and oxygen atoms in total. The molecule has 2 aromatic carbocycles. The van der Waals surface area contributed by atoms with Gasteiger partial charge in [-0.1, -0.05) is 34.1 Å². The van der Waals surface area contributed by atoms with Crippen molar-refractivity contribution in [3.05, 3.63) is 64.1 Å². The summed E-state index contributed by atoms with van der Waals surface area (Å²) in [5.41, 5.74) is 6.69. The Balaban J connectivity index is 1.35. The Morgan fingerprint density at radius 1 is 1.03 bits per heavy atom. The molecule has 4 rings (SSSR count). The topological polar surface area (TPSA) is 113 Å². The van der Waals surface area contributed by atoms with E-state index in [4.69, 9.17) is 5.73 Å². The zero-order valence-electron chi connectivity index (χ0n) is 18.7. The summed E-state index contributed by atoms with van der Waals surface area (Å²) < 4.78 is 0.842. The van der Waals surface area contributed by atoms with Crippen LogP contribution in [-0.4, -0.2) is 71.4 Å². The molecule has 1 atom stereocenters. The minimum atomic E-state index is -0.698. The Morgan fingerprint density at radius 3 is 2.35 bits per heavy atom. The van der Waals surface area contributed by atoms with Gasteiger partial charge in [0.15, 0.2) is 5.78 Å². The summed E-state index contributed by atoms with van der Waals surface area (Å²) in [6, 6.07) is 13.1. The summed E-state index contributed by atoms with van der Waals surface area (Å²) in [6.45, 7) is 1.99. The van der Waals surface area contributed by atoms with Crippen LogP contribution in [0, 0.1) is 0 Å². The maximum absolute atomic E-state index is 12.9. The highest BCUT2D eigenvalue weighted by molar-refractivity contribution is 9.10. The Bertz CT molecular complexity index is 1110. The Morgan fingerprint density at radius 2 is 1.71 bits per heavy atom.